The Labute approximate surface area is 673 Å². The number of nitrogens with zero attached hydrogens (tertiary/aromatic N) is 8. The summed E-state index contributed by atoms with van der Waals surface area (Å²) in [7, 11) is 7.80. The number of nitrogens with two attached hydrogens (primary N) is 5. The van der Waals surface area contributed by atoms with Crippen LogP contribution in [0.15, 0.2) is 272 Å². The van der Waals surface area contributed by atoms with Crippen molar-refractivity contribution in [1.29, 1.82) is 0 Å². The van der Waals surface area contributed by atoms with Crippen molar-refractivity contribution in [2.45, 2.75) is 0 Å². The second-order valence-corrected chi connectivity index (χ2v) is 27.2. The Balaban J connectivity index is 0.000000164. The molecule has 14 aromatic rings. The van der Waals surface area contributed by atoms with Crippen LogP contribution in [0.1, 0.15) is 58.1 Å². The Bertz CT molecular complexity index is 5500. The molecule has 25 nitrogen and oxygen atoms in total. The van der Waals surface area contributed by atoms with Gasteiger partial charge in [-0.15, -0.1) is 0 Å². The summed E-state index contributed by atoms with van der Waals surface area (Å²) in [5.74, 6) is -0.169. The number of aromatic amines is 2. The lowest BCUT2D eigenvalue weighted by atomic mass is 10.00. The van der Waals surface area contributed by atoms with Gasteiger partial charge in [-0.2, -0.15) is 0 Å². The van der Waals surface area contributed by atoms with E-state index in [4.69, 9.17) is 57.9 Å². The molecule has 0 bridgehead atoms. The first-order valence-corrected chi connectivity index (χ1v) is 36.3. The molecule has 5 aromatic carbocycles. The summed E-state index contributed by atoms with van der Waals surface area (Å²) in [6.45, 7) is 0. The first kappa shape index (κ1) is 83.4. The van der Waals surface area contributed by atoms with Crippen LogP contribution in [0.3, 0.4) is 0 Å². The summed E-state index contributed by atoms with van der Waals surface area (Å²) >= 11 is 16.4. The van der Waals surface area contributed by atoms with Gasteiger partial charge in [-0.25, -0.2) is 49.5 Å². The monoisotopic (exact) mass is 1800 g/mol. The van der Waals surface area contributed by atoms with E-state index in [2.05, 4.69) is 161 Å². The summed E-state index contributed by atoms with van der Waals surface area (Å²) < 4.78 is 19.8. The SMILES string of the molecule is Brc1cnc2[nH]cc(-c3ccccc3)c2c1.COC=C(c1ccccc1)c1cc(Br)cnc1N.CON(C)C(=O)c1cc(Br)cnc1N.COc1ccc(-c2cnc3[nH]cc(-c4ccccc4)c3c2)cc1OC.Nc1ncc(Br)cc1C(=O)O.Nc1ncc(Br)cc1C(=O)c1ccccc1.Nc1ncccc1C(=O)O. The van der Waals surface area contributed by atoms with Gasteiger partial charge >= 0.3 is 11.9 Å². The number of aromatic nitrogens is 9. The molecule has 0 spiro atoms. The molecular weight excluding hydrogens is 1730 g/mol. The lowest BCUT2D eigenvalue weighted by Gasteiger charge is -2.14. The van der Waals surface area contributed by atoms with E-state index in [9.17, 15) is 19.2 Å². The van der Waals surface area contributed by atoms with Gasteiger partial charge in [0.05, 0.1) is 45.8 Å². The van der Waals surface area contributed by atoms with E-state index in [0.717, 1.165) is 73.9 Å². The van der Waals surface area contributed by atoms with Crippen LogP contribution in [0.4, 0.5) is 29.1 Å². The average Bonchev–Trinajstić information content (AvgIpc) is 1.62. The largest absolute Gasteiger partial charge is 0.504 e. The van der Waals surface area contributed by atoms with Crippen molar-refractivity contribution in [3.63, 3.8) is 0 Å². The average molecular weight is 1800 g/mol. The van der Waals surface area contributed by atoms with Crippen LogP contribution in [0.5, 0.6) is 11.5 Å². The van der Waals surface area contributed by atoms with Crippen LogP contribution in [0.25, 0.3) is 61.0 Å². The van der Waals surface area contributed by atoms with Gasteiger partial charge in [0.1, 0.15) is 51.5 Å². The molecule has 14 rings (SSSR count). The van der Waals surface area contributed by atoms with E-state index in [0.29, 0.717) is 43.0 Å². The Hall–Kier alpha value is -12.2. The predicted molar refractivity (Wildman–Crippen MR) is 447 cm³/mol. The van der Waals surface area contributed by atoms with Crippen molar-refractivity contribution in [2.75, 3.05) is 64.2 Å². The number of carboxylic acids is 2. The molecule has 0 saturated heterocycles. The molecule has 9 heterocycles. The van der Waals surface area contributed by atoms with Crippen molar-refractivity contribution >= 4 is 160 Å². The lowest BCUT2D eigenvalue weighted by Crippen LogP contribution is -2.26. The fourth-order valence-corrected chi connectivity index (χ4v) is 11.7. The summed E-state index contributed by atoms with van der Waals surface area (Å²) in [4.78, 5) is 83.7. The molecular formula is C80H70Br5N15O10. The van der Waals surface area contributed by atoms with Crippen molar-refractivity contribution in [2.24, 2.45) is 0 Å². The van der Waals surface area contributed by atoms with Crippen molar-refractivity contribution in [1.82, 2.24) is 49.9 Å². The highest BCUT2D eigenvalue weighted by molar-refractivity contribution is 9.11. The van der Waals surface area contributed by atoms with Crippen LogP contribution in [0.2, 0.25) is 0 Å². The van der Waals surface area contributed by atoms with Gasteiger partial charge in [0, 0.05) is 129 Å². The number of H-pyrrole nitrogens is 2. The van der Waals surface area contributed by atoms with Crippen LogP contribution in [-0.2, 0) is 9.57 Å². The number of carbonyl (C=O) groups excluding carboxylic acids is 2. The molecule has 0 aliphatic carbocycles. The third-order valence-corrected chi connectivity index (χ3v) is 17.6. The number of aromatic carboxylic acids is 2. The second-order valence-electron chi connectivity index (χ2n) is 22.6. The molecule has 30 heteroatoms. The van der Waals surface area contributed by atoms with Gasteiger partial charge < -0.3 is 63.1 Å². The highest BCUT2D eigenvalue weighted by Gasteiger charge is 2.18. The minimum absolute atomic E-state index is 0.0133. The van der Waals surface area contributed by atoms with E-state index in [-0.39, 0.29) is 46.1 Å². The number of carboxylic acid groups (broad SMARTS) is 2. The molecule has 0 unspecified atom stereocenters. The van der Waals surface area contributed by atoms with Crippen LogP contribution < -0.4 is 38.1 Å². The first-order chi connectivity index (χ1) is 52.9. The van der Waals surface area contributed by atoms with Crippen LogP contribution in [0, 0.1) is 0 Å². The maximum Gasteiger partial charge on any atom is 0.339 e. The highest BCUT2D eigenvalue weighted by Crippen LogP contribution is 2.36. The van der Waals surface area contributed by atoms with Gasteiger partial charge in [0.2, 0.25) is 0 Å². The number of nitrogen functional groups attached to an aromatic ring is 5. The summed E-state index contributed by atoms with van der Waals surface area (Å²) in [5, 5.41) is 20.3. The number of hydrogen-bond acceptors (Lipinski definition) is 20. The maximum absolute atomic E-state index is 12.1. The zero-order valence-corrected chi connectivity index (χ0v) is 67.1. The van der Waals surface area contributed by atoms with Gasteiger partial charge in [0.15, 0.2) is 17.3 Å². The Kier molecular flexibility index (Phi) is 31.3. The van der Waals surface area contributed by atoms with Crippen molar-refractivity contribution in [3.05, 3.63) is 311 Å². The number of anilines is 5. The number of halogens is 5. The Morgan fingerprint density at radius 3 is 1.30 bits per heavy atom. The van der Waals surface area contributed by atoms with Crippen molar-refractivity contribution in [3.8, 4) is 44.9 Å². The molecule has 1 amide bonds. The predicted octanol–water partition coefficient (Wildman–Crippen LogP) is 17.6. The molecule has 0 saturated carbocycles. The topological polar surface area (TPSA) is 401 Å². The third-order valence-electron chi connectivity index (χ3n) is 15.4. The minimum Gasteiger partial charge on any atom is -0.504 e. The molecule has 0 fully saturated rings. The van der Waals surface area contributed by atoms with E-state index < -0.39 is 11.9 Å². The molecule has 560 valence electrons. The molecule has 110 heavy (non-hydrogen) atoms. The number of hydrogen-bond donors (Lipinski definition) is 9. The Morgan fingerprint density at radius 2 is 0.827 bits per heavy atom. The lowest BCUT2D eigenvalue weighted by molar-refractivity contribution is -0.0756. The van der Waals surface area contributed by atoms with Gasteiger partial charge in [0.25, 0.3) is 5.91 Å². The zero-order chi connectivity index (χ0) is 79.4. The highest BCUT2D eigenvalue weighted by atomic mass is 79.9. The summed E-state index contributed by atoms with van der Waals surface area (Å²) in [6, 6.07) is 59.2. The molecule has 0 aliphatic rings. The molecule has 0 atom stereocenters. The zero-order valence-electron chi connectivity index (χ0n) is 59.2. The smallest absolute Gasteiger partial charge is 0.339 e. The van der Waals surface area contributed by atoms with E-state index in [1.165, 1.54) is 67.6 Å². The number of nitrogens with one attached hydrogen (secondary N) is 2. The molecule has 14 N–H and O–H groups in total. The fourth-order valence-electron chi connectivity index (χ4n) is 10.0. The third kappa shape index (κ3) is 23.2. The molecule has 0 aliphatic heterocycles. The fraction of sp³-hybridized carbons (Fsp3) is 0.0625. The van der Waals surface area contributed by atoms with Crippen LogP contribution >= 0.6 is 79.6 Å². The number of fused-ring (bicyclic) bond motifs is 2. The summed E-state index contributed by atoms with van der Waals surface area (Å²) in [5.41, 5.74) is 40.4. The summed E-state index contributed by atoms with van der Waals surface area (Å²) in [6.07, 6.45) is 17.0. The number of carbonyl (C=O) groups is 4. The molecule has 0 radical (unpaired) electrons. The number of rotatable bonds is 14. The number of ketones is 1. The number of methoxy groups -OCH3 is 3. The number of pyridine rings is 7. The Morgan fingerprint density at radius 1 is 0.409 bits per heavy atom. The molecule has 9 aromatic heterocycles. The quantitative estimate of drug-likeness (QED) is 0.0277. The van der Waals surface area contributed by atoms with E-state index in [1.807, 2.05) is 128 Å². The number of benzene rings is 5. The maximum atomic E-state index is 12.1. The number of hydroxylamine groups is 2. The second kappa shape index (κ2) is 41.2. The van der Waals surface area contributed by atoms with Gasteiger partial charge in [-0.05, 0) is 163 Å². The van der Waals surface area contributed by atoms with Crippen molar-refractivity contribution < 1.29 is 48.4 Å². The first-order valence-electron chi connectivity index (χ1n) is 32.4. The van der Waals surface area contributed by atoms with E-state index in [1.54, 1.807) is 70.4 Å². The van der Waals surface area contributed by atoms with Gasteiger partial charge in [-0.3, -0.25) is 14.4 Å². The normalized spacial score (nSPS) is 10.4. The number of ether oxygens (including phenoxy) is 3. The standard InChI is InChI=1S/C21H18N2O2.C14H13BrN2O.C13H9BrN2.C12H9BrN2O.C8H10BrN3O2.C6H5BrN2O2.C6H6N2O2/c1-24-19-9-8-15(11-20(19)25-2)16-10-17-18(13-23-21(17)22-12-16)14-6-4-3-5-7-14;1-18-9-13(10-5-3-2-4-6-10)12-7-11(15)8-17-14(12)16;14-10-6-11-12(8-16-13(11)15-7-10)9-4-2-1-3-5-9;13-9-6-10(12(14)15-7-9)11(16)8-4-2-1-3-5-8;1-12(14-2)8(13)6-3-5(9)4-11-7(6)10;7-3-1-4(6(10)11)5(8)9-2-3;7-5-4(6(9)10)2-1-3-8-5/h3-13H,1-2H3,(H,22,23);2-9H,1H3,(H2,16,17);1-8H,(H,15,16);1-7H,(H2,14,15);3-4H,1-2H3,(H2,10,11);1-2H,(H2,8,9)(H,10,11);1-3H,(H2,7,8)(H,9,10). The minimum atomic E-state index is -1.07. The van der Waals surface area contributed by atoms with Crippen LogP contribution in [-0.4, -0.2) is 119 Å². The van der Waals surface area contributed by atoms with Gasteiger partial charge in [-0.1, -0.05) is 127 Å². The number of amides is 1. The van der Waals surface area contributed by atoms with E-state index >= 15 is 0 Å².